The molecule has 0 spiro atoms. The van der Waals surface area contributed by atoms with Crippen LogP contribution in [0.5, 0.6) is 0 Å². The lowest BCUT2D eigenvalue weighted by Gasteiger charge is -2.14. The smallest absolute Gasteiger partial charge is 0.269 e. The summed E-state index contributed by atoms with van der Waals surface area (Å²) in [5, 5.41) is 16.9. The number of nitro groups is 1. The summed E-state index contributed by atoms with van der Waals surface area (Å²) in [7, 11) is 0. The van der Waals surface area contributed by atoms with E-state index in [9.17, 15) is 14.9 Å². The van der Waals surface area contributed by atoms with Crippen molar-refractivity contribution in [3.8, 4) is 0 Å². The van der Waals surface area contributed by atoms with Gasteiger partial charge in [-0.3, -0.25) is 14.9 Å². The first-order valence-corrected chi connectivity index (χ1v) is 7.65. The van der Waals surface area contributed by atoms with E-state index in [1.165, 1.54) is 12.1 Å². The Hall–Kier alpha value is -3.15. The average molecular weight is 323 g/mol. The van der Waals surface area contributed by atoms with Gasteiger partial charge in [-0.2, -0.15) is 0 Å². The van der Waals surface area contributed by atoms with E-state index in [1.807, 2.05) is 37.3 Å². The second kappa shape index (κ2) is 6.54. The Morgan fingerprint density at radius 1 is 1.17 bits per heavy atom. The molecule has 2 aromatic rings. The van der Waals surface area contributed by atoms with Crippen molar-refractivity contribution < 1.29 is 9.72 Å². The number of hydrogen-bond acceptors (Lipinski definition) is 4. The molecule has 0 saturated carbocycles. The molecule has 0 unspecified atom stereocenters. The molecule has 0 aromatic heterocycles. The van der Waals surface area contributed by atoms with Gasteiger partial charge in [-0.05, 0) is 36.2 Å². The Morgan fingerprint density at radius 3 is 2.62 bits per heavy atom. The van der Waals surface area contributed by atoms with Gasteiger partial charge in [-0.25, -0.2) is 0 Å². The zero-order chi connectivity index (χ0) is 17.1. The molecule has 2 N–H and O–H groups in total. The van der Waals surface area contributed by atoms with Crippen molar-refractivity contribution in [2.75, 3.05) is 10.6 Å². The molecular weight excluding hydrogens is 306 g/mol. The molecule has 6 heteroatoms. The number of hydrogen-bond donors (Lipinski definition) is 2. The zero-order valence-electron chi connectivity index (χ0n) is 13.2. The number of carbonyl (C=O) groups excluding carboxylic acids is 1. The van der Waals surface area contributed by atoms with Crippen LogP contribution in [0, 0.1) is 10.1 Å². The number of amides is 1. The van der Waals surface area contributed by atoms with Gasteiger partial charge in [0.2, 0.25) is 5.91 Å². The van der Waals surface area contributed by atoms with Crippen molar-refractivity contribution in [2.45, 2.75) is 19.4 Å². The normalized spacial score (nSPS) is 16.9. The molecule has 0 radical (unpaired) electrons. The number of rotatable bonds is 3. The van der Waals surface area contributed by atoms with Gasteiger partial charge in [0.05, 0.1) is 16.3 Å². The van der Waals surface area contributed by atoms with Crippen LogP contribution in [-0.2, 0) is 4.79 Å². The Bertz CT molecular complexity index is 813. The first kappa shape index (κ1) is 15.7. The van der Waals surface area contributed by atoms with Gasteiger partial charge in [-0.1, -0.05) is 24.3 Å². The average Bonchev–Trinajstić information content (AvgIpc) is 2.69. The van der Waals surface area contributed by atoms with Gasteiger partial charge in [0.25, 0.3) is 5.69 Å². The molecule has 3 rings (SSSR count). The number of nitrogens with one attached hydrogen (secondary N) is 2. The van der Waals surface area contributed by atoms with Gasteiger partial charge < -0.3 is 10.6 Å². The standard InChI is InChI=1S/C18H17N3O3/c1-12-11-17(22)20-16-4-2-3-14(18(16)19-12)8-5-13-6-9-15(10-7-13)21(23)24/h2-10,12,19H,11H2,1H3,(H,20,22)/b8-5+/t12-/m1/s1. The molecule has 24 heavy (non-hydrogen) atoms. The number of fused-ring (bicyclic) bond motifs is 1. The summed E-state index contributed by atoms with van der Waals surface area (Å²) < 4.78 is 0. The lowest BCUT2D eigenvalue weighted by Crippen LogP contribution is -2.19. The van der Waals surface area contributed by atoms with Crippen LogP contribution in [0.1, 0.15) is 24.5 Å². The quantitative estimate of drug-likeness (QED) is 0.509. The first-order chi connectivity index (χ1) is 11.5. The van der Waals surface area contributed by atoms with E-state index in [0.717, 1.165) is 22.5 Å². The van der Waals surface area contributed by atoms with Gasteiger partial charge in [-0.15, -0.1) is 0 Å². The summed E-state index contributed by atoms with van der Waals surface area (Å²) in [5.74, 6) is -0.00903. The fraction of sp³-hybridized carbons (Fsp3) is 0.167. The van der Waals surface area contributed by atoms with Gasteiger partial charge in [0, 0.05) is 24.6 Å². The number of nitro benzene ring substituents is 1. The van der Waals surface area contributed by atoms with Crippen molar-refractivity contribution >= 4 is 35.1 Å². The number of non-ortho nitro benzene ring substituents is 1. The topological polar surface area (TPSA) is 84.3 Å². The third-order valence-electron chi connectivity index (χ3n) is 3.81. The highest BCUT2D eigenvalue weighted by atomic mass is 16.6. The fourth-order valence-electron chi connectivity index (χ4n) is 2.64. The Morgan fingerprint density at radius 2 is 1.92 bits per heavy atom. The molecular formula is C18H17N3O3. The van der Waals surface area contributed by atoms with Crippen LogP contribution >= 0.6 is 0 Å². The van der Waals surface area contributed by atoms with E-state index in [4.69, 9.17) is 0 Å². The monoisotopic (exact) mass is 323 g/mol. The van der Waals surface area contributed by atoms with E-state index < -0.39 is 4.92 Å². The summed E-state index contributed by atoms with van der Waals surface area (Å²) in [4.78, 5) is 22.1. The molecule has 1 aliphatic heterocycles. The van der Waals surface area contributed by atoms with Crippen molar-refractivity contribution in [1.82, 2.24) is 0 Å². The van der Waals surface area contributed by atoms with Crippen LogP contribution in [0.25, 0.3) is 12.2 Å². The first-order valence-electron chi connectivity index (χ1n) is 7.65. The number of nitrogens with zero attached hydrogens (tertiary/aromatic N) is 1. The highest BCUT2D eigenvalue weighted by Gasteiger charge is 2.18. The summed E-state index contributed by atoms with van der Waals surface area (Å²) >= 11 is 0. The van der Waals surface area contributed by atoms with Gasteiger partial charge >= 0.3 is 0 Å². The van der Waals surface area contributed by atoms with Crippen LogP contribution in [-0.4, -0.2) is 16.9 Å². The second-order valence-electron chi connectivity index (χ2n) is 5.75. The summed E-state index contributed by atoms with van der Waals surface area (Å²) in [6.07, 6.45) is 4.23. The van der Waals surface area contributed by atoms with E-state index in [2.05, 4.69) is 10.6 Å². The number of carbonyl (C=O) groups is 1. The van der Waals surface area contributed by atoms with Crippen LogP contribution in [0.3, 0.4) is 0 Å². The molecule has 0 bridgehead atoms. The minimum absolute atomic E-state index is 0.00903. The maximum absolute atomic E-state index is 11.8. The maximum Gasteiger partial charge on any atom is 0.269 e. The molecule has 1 atom stereocenters. The summed E-state index contributed by atoms with van der Waals surface area (Å²) in [6.45, 7) is 1.96. The van der Waals surface area contributed by atoms with Crippen LogP contribution in [0.4, 0.5) is 17.1 Å². The molecule has 6 nitrogen and oxygen atoms in total. The second-order valence-corrected chi connectivity index (χ2v) is 5.75. The number of benzene rings is 2. The Kier molecular flexibility index (Phi) is 4.29. The molecule has 0 aliphatic carbocycles. The predicted octanol–water partition coefficient (Wildman–Crippen LogP) is 3.91. The highest BCUT2D eigenvalue weighted by molar-refractivity contribution is 5.98. The molecule has 0 fully saturated rings. The van der Waals surface area contributed by atoms with E-state index in [0.29, 0.717) is 6.42 Å². The Labute approximate surface area is 139 Å². The SMILES string of the molecule is C[C@@H]1CC(=O)Nc2cccc(/C=C/c3ccc([N+](=O)[O-])cc3)c2N1. The van der Waals surface area contributed by atoms with E-state index in [1.54, 1.807) is 12.1 Å². The molecule has 2 aromatic carbocycles. The molecule has 0 saturated heterocycles. The molecule has 1 amide bonds. The third kappa shape index (κ3) is 3.43. The lowest BCUT2D eigenvalue weighted by atomic mass is 10.1. The summed E-state index contributed by atoms with van der Waals surface area (Å²) in [5.41, 5.74) is 3.52. The van der Waals surface area contributed by atoms with Crippen LogP contribution in [0.2, 0.25) is 0 Å². The van der Waals surface area contributed by atoms with Crippen LogP contribution in [0.15, 0.2) is 42.5 Å². The van der Waals surface area contributed by atoms with Gasteiger partial charge in [0.1, 0.15) is 0 Å². The van der Waals surface area contributed by atoms with Crippen molar-refractivity contribution in [3.63, 3.8) is 0 Å². The largest absolute Gasteiger partial charge is 0.380 e. The molecule has 1 heterocycles. The number of anilines is 2. The van der Waals surface area contributed by atoms with Crippen LogP contribution < -0.4 is 10.6 Å². The fourth-order valence-corrected chi connectivity index (χ4v) is 2.64. The maximum atomic E-state index is 11.8. The minimum atomic E-state index is -0.418. The van der Waals surface area contributed by atoms with E-state index >= 15 is 0 Å². The molecule has 122 valence electrons. The highest BCUT2D eigenvalue weighted by Crippen LogP contribution is 2.31. The van der Waals surface area contributed by atoms with Crippen molar-refractivity contribution in [3.05, 3.63) is 63.7 Å². The minimum Gasteiger partial charge on any atom is -0.380 e. The number of para-hydroxylation sites is 1. The zero-order valence-corrected chi connectivity index (χ0v) is 13.2. The lowest BCUT2D eigenvalue weighted by molar-refractivity contribution is -0.384. The van der Waals surface area contributed by atoms with Crippen molar-refractivity contribution in [1.29, 1.82) is 0 Å². The van der Waals surface area contributed by atoms with E-state index in [-0.39, 0.29) is 17.6 Å². The summed E-state index contributed by atoms with van der Waals surface area (Å²) in [6, 6.07) is 12.1. The predicted molar refractivity (Wildman–Crippen MR) is 94.8 cm³/mol. The van der Waals surface area contributed by atoms with Crippen molar-refractivity contribution in [2.24, 2.45) is 0 Å². The van der Waals surface area contributed by atoms with Gasteiger partial charge in [0.15, 0.2) is 0 Å². The molecule has 1 aliphatic rings. The third-order valence-corrected chi connectivity index (χ3v) is 3.81. The Balaban J connectivity index is 1.89.